The summed E-state index contributed by atoms with van der Waals surface area (Å²) < 4.78 is 0. The number of hydrogen-bond acceptors (Lipinski definition) is 1. The van der Waals surface area contributed by atoms with Gasteiger partial charge in [-0.25, -0.2) is 0 Å². The van der Waals surface area contributed by atoms with E-state index in [1.165, 1.54) is 0 Å². The van der Waals surface area contributed by atoms with E-state index in [2.05, 4.69) is 19.2 Å². The summed E-state index contributed by atoms with van der Waals surface area (Å²) in [7, 11) is 0. The van der Waals surface area contributed by atoms with Crippen LogP contribution in [-0.4, -0.2) is 0 Å². The minimum absolute atomic E-state index is 0.660. The van der Waals surface area contributed by atoms with Gasteiger partial charge in [0.1, 0.15) is 0 Å². The Kier molecular flexibility index (Phi) is 5.38. The molecule has 1 nitrogen and oxygen atoms in total. The summed E-state index contributed by atoms with van der Waals surface area (Å²) >= 11 is 0. The zero-order valence-corrected chi connectivity index (χ0v) is 7.38. The molecule has 0 radical (unpaired) electrons. The molecule has 0 unspecified atom stereocenters. The number of nitrogens with zero attached hydrogens (tertiary/aromatic N) is 1. The first-order valence-corrected chi connectivity index (χ1v) is 3.84. The third kappa shape index (κ3) is 3.03. The Morgan fingerprint density at radius 3 is 2.50 bits per heavy atom. The van der Waals surface area contributed by atoms with Crippen molar-refractivity contribution < 1.29 is 0 Å². The molecule has 0 aromatic heterocycles. The van der Waals surface area contributed by atoms with Gasteiger partial charge in [0.05, 0.1) is 11.6 Å². The van der Waals surface area contributed by atoms with Gasteiger partial charge in [-0.3, -0.25) is 0 Å². The Labute approximate surface area is 74.0 Å². The first kappa shape index (κ1) is 10.4. The van der Waals surface area contributed by atoms with Crippen LogP contribution in [0.4, 0.5) is 0 Å². The van der Waals surface area contributed by atoms with Crippen LogP contribution >= 0.6 is 0 Å². The summed E-state index contributed by atoms with van der Waals surface area (Å²) in [5.41, 5.74) is 1.63. The fourth-order valence-electron chi connectivity index (χ4n) is 0.825. The second-order valence-corrected chi connectivity index (χ2v) is 2.20. The van der Waals surface area contributed by atoms with E-state index in [0.717, 1.165) is 12.0 Å². The van der Waals surface area contributed by atoms with Crippen LogP contribution in [0.2, 0.25) is 0 Å². The molecule has 0 bridgehead atoms. The van der Waals surface area contributed by atoms with E-state index < -0.39 is 0 Å². The average Bonchev–Trinajstić information content (AvgIpc) is 2.12. The minimum Gasteiger partial charge on any atom is -0.192 e. The molecule has 0 atom stereocenters. The first-order chi connectivity index (χ1) is 5.79. The average molecular weight is 159 g/mol. The normalized spacial score (nSPS) is 12.0. The largest absolute Gasteiger partial charge is 0.192 e. The molecule has 0 saturated heterocycles. The van der Waals surface area contributed by atoms with Crippen LogP contribution in [0.15, 0.2) is 48.6 Å². The van der Waals surface area contributed by atoms with Gasteiger partial charge in [-0.05, 0) is 18.1 Å². The molecule has 0 spiro atoms. The number of rotatable bonds is 4. The van der Waals surface area contributed by atoms with E-state index >= 15 is 0 Å². The fourth-order valence-corrected chi connectivity index (χ4v) is 0.825. The molecule has 12 heavy (non-hydrogen) atoms. The highest BCUT2D eigenvalue weighted by molar-refractivity contribution is 5.42. The third-order valence-corrected chi connectivity index (χ3v) is 1.49. The molecule has 0 rings (SSSR count). The number of allylic oxidation sites excluding steroid dienone is 6. The van der Waals surface area contributed by atoms with Gasteiger partial charge in [0.25, 0.3) is 0 Å². The molecule has 0 N–H and O–H groups in total. The second kappa shape index (κ2) is 6.18. The molecular weight excluding hydrogens is 146 g/mol. The van der Waals surface area contributed by atoms with Crippen LogP contribution in [0, 0.1) is 11.3 Å². The molecule has 0 fully saturated rings. The molecule has 0 aliphatic heterocycles. The van der Waals surface area contributed by atoms with Crippen LogP contribution in [0.5, 0.6) is 0 Å². The Balaban J connectivity index is 4.84. The predicted octanol–water partition coefficient (Wildman–Crippen LogP) is 3.14. The van der Waals surface area contributed by atoms with Crippen molar-refractivity contribution in [3.8, 4) is 6.07 Å². The summed E-state index contributed by atoms with van der Waals surface area (Å²) in [4.78, 5) is 0. The summed E-state index contributed by atoms with van der Waals surface area (Å²) in [5, 5.41) is 8.74. The highest BCUT2D eigenvalue weighted by atomic mass is 14.2. The number of hydrogen-bond donors (Lipinski definition) is 0. The zero-order chi connectivity index (χ0) is 9.40. The molecule has 0 heterocycles. The Morgan fingerprint density at radius 2 is 2.17 bits per heavy atom. The highest BCUT2D eigenvalue weighted by Gasteiger charge is 1.95. The van der Waals surface area contributed by atoms with Crippen molar-refractivity contribution in [3.05, 3.63) is 48.6 Å². The molecule has 0 aliphatic carbocycles. The zero-order valence-electron chi connectivity index (χ0n) is 7.38. The highest BCUT2D eigenvalue weighted by Crippen LogP contribution is 2.10. The van der Waals surface area contributed by atoms with Crippen molar-refractivity contribution in [1.29, 1.82) is 5.26 Å². The van der Waals surface area contributed by atoms with Crippen molar-refractivity contribution in [2.45, 2.75) is 13.3 Å². The molecule has 62 valence electrons. The molecule has 1 heteroatoms. The van der Waals surface area contributed by atoms with Gasteiger partial charge < -0.3 is 0 Å². The van der Waals surface area contributed by atoms with E-state index in [1.54, 1.807) is 24.3 Å². The van der Waals surface area contributed by atoms with Gasteiger partial charge in [0.15, 0.2) is 0 Å². The summed E-state index contributed by atoms with van der Waals surface area (Å²) in [6.07, 6.45) is 7.68. The van der Waals surface area contributed by atoms with Crippen LogP contribution in [0.3, 0.4) is 0 Å². The van der Waals surface area contributed by atoms with Gasteiger partial charge in [0, 0.05) is 0 Å². The van der Waals surface area contributed by atoms with E-state index in [9.17, 15) is 0 Å². The molecule has 0 saturated carbocycles. The van der Waals surface area contributed by atoms with Crippen LogP contribution in [0.1, 0.15) is 13.3 Å². The van der Waals surface area contributed by atoms with E-state index in [-0.39, 0.29) is 0 Å². The maximum Gasteiger partial charge on any atom is 0.0994 e. The molecule has 0 aromatic carbocycles. The lowest BCUT2D eigenvalue weighted by Gasteiger charge is -1.96. The van der Waals surface area contributed by atoms with Crippen molar-refractivity contribution in [1.82, 2.24) is 0 Å². The topological polar surface area (TPSA) is 23.8 Å². The van der Waals surface area contributed by atoms with Gasteiger partial charge in [-0.1, -0.05) is 38.3 Å². The summed E-state index contributed by atoms with van der Waals surface area (Å²) in [6, 6.07) is 2.11. The maximum absolute atomic E-state index is 8.74. The first-order valence-electron chi connectivity index (χ1n) is 3.84. The van der Waals surface area contributed by atoms with Gasteiger partial charge in [0.2, 0.25) is 0 Å². The predicted molar refractivity (Wildman–Crippen MR) is 52.5 cm³/mol. The molecule has 0 amide bonds. The SMILES string of the molecule is C=C/C=C\C(C#N)=C(/C=C)CC. The van der Waals surface area contributed by atoms with Crippen LogP contribution in [0.25, 0.3) is 0 Å². The molecule has 0 aliphatic rings. The second-order valence-electron chi connectivity index (χ2n) is 2.20. The van der Waals surface area contributed by atoms with E-state index in [1.807, 2.05) is 6.92 Å². The lowest BCUT2D eigenvalue weighted by Crippen LogP contribution is -1.81. The van der Waals surface area contributed by atoms with Gasteiger partial charge in [-0.2, -0.15) is 5.26 Å². The van der Waals surface area contributed by atoms with Crippen molar-refractivity contribution in [2.24, 2.45) is 0 Å². The van der Waals surface area contributed by atoms with Crippen molar-refractivity contribution in [3.63, 3.8) is 0 Å². The van der Waals surface area contributed by atoms with Gasteiger partial charge >= 0.3 is 0 Å². The van der Waals surface area contributed by atoms with Crippen LogP contribution in [-0.2, 0) is 0 Å². The standard InChI is InChI=1S/C11H13N/c1-4-7-8-11(9-12)10(5-2)6-3/h4-5,7-8H,1-2,6H2,3H3/b8-7-,11-10-. The number of nitriles is 1. The monoisotopic (exact) mass is 159 g/mol. The fraction of sp³-hybridized carbons (Fsp3) is 0.182. The third-order valence-electron chi connectivity index (χ3n) is 1.49. The van der Waals surface area contributed by atoms with Crippen LogP contribution < -0.4 is 0 Å². The molecular formula is C11H13N. The Hall–Kier alpha value is -1.55. The maximum atomic E-state index is 8.74. The Morgan fingerprint density at radius 1 is 1.50 bits per heavy atom. The lowest BCUT2D eigenvalue weighted by molar-refractivity contribution is 1.14. The van der Waals surface area contributed by atoms with E-state index in [4.69, 9.17) is 5.26 Å². The van der Waals surface area contributed by atoms with Crippen molar-refractivity contribution >= 4 is 0 Å². The quantitative estimate of drug-likeness (QED) is 0.456. The lowest BCUT2D eigenvalue weighted by atomic mass is 10.1. The molecule has 0 aromatic rings. The van der Waals surface area contributed by atoms with E-state index in [0.29, 0.717) is 5.57 Å². The smallest absolute Gasteiger partial charge is 0.0994 e. The minimum atomic E-state index is 0.660. The summed E-state index contributed by atoms with van der Waals surface area (Å²) in [6.45, 7) is 9.17. The van der Waals surface area contributed by atoms with Crippen molar-refractivity contribution in [2.75, 3.05) is 0 Å². The Bertz CT molecular complexity index is 261. The summed E-state index contributed by atoms with van der Waals surface area (Å²) in [5.74, 6) is 0. The van der Waals surface area contributed by atoms with Gasteiger partial charge in [-0.15, -0.1) is 0 Å².